The Kier molecular flexibility index (Phi) is 4.82. The van der Waals surface area contributed by atoms with Crippen molar-refractivity contribution >= 4 is 17.7 Å². The molecular formula is C6H9NOS. The maximum atomic E-state index is 8.17. The highest BCUT2D eigenvalue weighted by atomic mass is 32.1. The summed E-state index contributed by atoms with van der Waals surface area (Å²) in [6.07, 6.45) is 5.89. The maximum Gasteiger partial charge on any atom is 0.0792 e. The van der Waals surface area contributed by atoms with Crippen molar-refractivity contribution in [1.29, 1.82) is 0 Å². The van der Waals surface area contributed by atoms with Crippen molar-refractivity contribution in [3.63, 3.8) is 0 Å². The zero-order valence-corrected chi connectivity index (χ0v) is 6.01. The van der Waals surface area contributed by atoms with E-state index in [0.29, 0.717) is 0 Å². The van der Waals surface area contributed by atoms with Crippen molar-refractivity contribution in [2.75, 3.05) is 7.05 Å². The minimum atomic E-state index is 0.966. The number of rotatable bonds is 3. The van der Waals surface area contributed by atoms with Gasteiger partial charge in [0.25, 0.3) is 0 Å². The van der Waals surface area contributed by atoms with Crippen LogP contribution in [-0.4, -0.2) is 22.5 Å². The quantitative estimate of drug-likeness (QED) is 0.367. The molecule has 50 valence electrons. The molecule has 0 amide bonds. The Balaban J connectivity index is 3.55. The highest BCUT2D eigenvalue weighted by Gasteiger charge is 1.74. The van der Waals surface area contributed by atoms with E-state index in [4.69, 9.17) is 5.11 Å². The Labute approximate surface area is 60.1 Å². The molecule has 0 rings (SSSR count). The smallest absolute Gasteiger partial charge is 0.0792 e. The van der Waals surface area contributed by atoms with Gasteiger partial charge in [-0.2, -0.15) is 0 Å². The van der Waals surface area contributed by atoms with E-state index < -0.39 is 0 Å². The highest BCUT2D eigenvalue weighted by molar-refractivity contribution is 7.78. The van der Waals surface area contributed by atoms with Gasteiger partial charge in [0.2, 0.25) is 0 Å². The molecular weight excluding hydrogens is 134 g/mol. The summed E-state index contributed by atoms with van der Waals surface area (Å²) in [6, 6.07) is 0. The van der Waals surface area contributed by atoms with Crippen LogP contribution >= 0.6 is 12.2 Å². The topological polar surface area (TPSA) is 23.5 Å². The van der Waals surface area contributed by atoms with Crippen molar-refractivity contribution in [2.45, 2.75) is 0 Å². The molecule has 0 aromatic heterocycles. The lowest BCUT2D eigenvalue weighted by atomic mass is 10.6. The second kappa shape index (κ2) is 5.31. The average molecular weight is 143 g/mol. The molecule has 0 unspecified atom stereocenters. The van der Waals surface area contributed by atoms with Gasteiger partial charge in [0.05, 0.1) is 11.8 Å². The number of nitrogens with zero attached hydrogens (tertiary/aromatic N) is 1. The first-order valence-corrected chi connectivity index (χ1v) is 2.93. The second-order valence-electron chi connectivity index (χ2n) is 1.45. The summed E-state index contributed by atoms with van der Waals surface area (Å²) in [4.78, 5) is 1.70. The molecule has 0 aromatic rings. The van der Waals surface area contributed by atoms with Crippen molar-refractivity contribution in [3.05, 3.63) is 24.6 Å². The molecule has 0 atom stereocenters. The summed E-state index contributed by atoms with van der Waals surface area (Å²) in [5, 5.41) is 8.17. The van der Waals surface area contributed by atoms with Crippen LogP contribution in [-0.2, 0) is 0 Å². The Bertz CT molecular complexity index is 131. The van der Waals surface area contributed by atoms with Crippen molar-refractivity contribution in [3.8, 4) is 0 Å². The van der Waals surface area contributed by atoms with Gasteiger partial charge in [-0.1, -0.05) is 12.2 Å². The standard InChI is InChI=1S/C6H9NOS/c1-7(6-9)4-2-3-5-8/h2-6,8H,1H3/b4-2-,5-3+. The molecule has 0 radical (unpaired) electrons. The average Bonchev–Trinajstić information content (AvgIpc) is 1.89. The van der Waals surface area contributed by atoms with E-state index in [0.717, 1.165) is 6.26 Å². The molecule has 0 fully saturated rings. The minimum Gasteiger partial charge on any atom is -0.516 e. The number of aliphatic hydroxyl groups excluding tert-OH is 1. The molecule has 3 heteroatoms. The van der Waals surface area contributed by atoms with Crippen molar-refractivity contribution in [1.82, 2.24) is 4.90 Å². The van der Waals surface area contributed by atoms with Crippen LogP contribution in [0.25, 0.3) is 0 Å². The molecule has 0 saturated heterocycles. The Morgan fingerprint density at radius 2 is 2.11 bits per heavy atom. The lowest BCUT2D eigenvalue weighted by Gasteiger charge is -2.00. The first kappa shape index (κ1) is 8.17. The monoisotopic (exact) mass is 143 g/mol. The van der Waals surface area contributed by atoms with E-state index in [1.54, 1.807) is 17.2 Å². The van der Waals surface area contributed by atoms with Gasteiger partial charge >= 0.3 is 0 Å². The van der Waals surface area contributed by atoms with Crippen LogP contribution in [0.5, 0.6) is 0 Å². The zero-order valence-electron chi connectivity index (χ0n) is 5.19. The van der Waals surface area contributed by atoms with Gasteiger partial charge in [-0.25, -0.2) is 0 Å². The molecule has 9 heavy (non-hydrogen) atoms. The van der Waals surface area contributed by atoms with Gasteiger partial charge in [-0.15, -0.1) is 0 Å². The molecule has 0 spiro atoms. The number of aliphatic hydroxyl groups is 1. The van der Waals surface area contributed by atoms with E-state index in [9.17, 15) is 0 Å². The number of hydrogen-bond donors (Lipinski definition) is 1. The Morgan fingerprint density at radius 1 is 1.44 bits per heavy atom. The molecule has 2 nitrogen and oxygen atoms in total. The van der Waals surface area contributed by atoms with Crippen LogP contribution in [0, 0.1) is 0 Å². The first-order chi connectivity index (χ1) is 4.31. The largest absolute Gasteiger partial charge is 0.516 e. The third kappa shape index (κ3) is 5.03. The van der Waals surface area contributed by atoms with Gasteiger partial charge in [0.1, 0.15) is 0 Å². The predicted octanol–water partition coefficient (Wildman–Crippen LogP) is 1.46. The fourth-order valence-corrected chi connectivity index (χ4v) is 0.341. The van der Waals surface area contributed by atoms with Crippen molar-refractivity contribution in [2.24, 2.45) is 0 Å². The van der Waals surface area contributed by atoms with Crippen LogP contribution < -0.4 is 0 Å². The number of hydrogen-bond acceptors (Lipinski definition) is 2. The van der Waals surface area contributed by atoms with Crippen molar-refractivity contribution < 1.29 is 5.11 Å². The van der Waals surface area contributed by atoms with Gasteiger partial charge in [-0.05, 0) is 12.2 Å². The van der Waals surface area contributed by atoms with E-state index in [-0.39, 0.29) is 0 Å². The van der Waals surface area contributed by atoms with Gasteiger partial charge in [0, 0.05) is 13.2 Å². The van der Waals surface area contributed by atoms with Crippen LogP contribution in [0.15, 0.2) is 24.6 Å². The van der Waals surface area contributed by atoms with Crippen LogP contribution in [0.1, 0.15) is 0 Å². The first-order valence-electron chi connectivity index (χ1n) is 2.46. The summed E-state index contributed by atoms with van der Waals surface area (Å²) in [5.41, 5.74) is 1.50. The third-order valence-electron chi connectivity index (χ3n) is 0.685. The second-order valence-corrected chi connectivity index (χ2v) is 1.66. The molecule has 0 bridgehead atoms. The lowest BCUT2D eigenvalue weighted by Crippen LogP contribution is -2.03. The summed E-state index contributed by atoms with van der Waals surface area (Å²) in [6.45, 7) is 0. The van der Waals surface area contributed by atoms with E-state index >= 15 is 0 Å². The van der Waals surface area contributed by atoms with Crippen LogP contribution in [0.3, 0.4) is 0 Å². The van der Waals surface area contributed by atoms with Gasteiger partial charge < -0.3 is 10.0 Å². The highest BCUT2D eigenvalue weighted by Crippen LogP contribution is 1.79. The summed E-state index contributed by atoms with van der Waals surface area (Å²) in [7, 11) is 1.81. The maximum absolute atomic E-state index is 8.17. The third-order valence-corrected chi connectivity index (χ3v) is 1.02. The molecule has 0 aromatic carbocycles. The Morgan fingerprint density at radius 3 is 2.56 bits per heavy atom. The summed E-state index contributed by atoms with van der Waals surface area (Å²) < 4.78 is 0. The minimum absolute atomic E-state index is 0.966. The number of thiocarbonyl (C=S) groups is 1. The molecule has 0 aliphatic carbocycles. The lowest BCUT2D eigenvalue weighted by molar-refractivity contribution is 0.473. The van der Waals surface area contributed by atoms with Gasteiger partial charge in [0.15, 0.2) is 0 Å². The molecule has 0 heterocycles. The molecule has 0 aliphatic rings. The SMILES string of the molecule is CN(C=S)/C=C\C=C\O. The summed E-state index contributed by atoms with van der Waals surface area (Å²) >= 11 is 4.59. The van der Waals surface area contributed by atoms with E-state index in [1.165, 1.54) is 11.6 Å². The molecule has 1 N–H and O–H groups in total. The van der Waals surface area contributed by atoms with E-state index in [2.05, 4.69) is 12.2 Å². The predicted molar refractivity (Wildman–Crippen MR) is 42.3 cm³/mol. The summed E-state index contributed by atoms with van der Waals surface area (Å²) in [5.74, 6) is 0. The van der Waals surface area contributed by atoms with E-state index in [1.807, 2.05) is 7.05 Å². The van der Waals surface area contributed by atoms with Crippen LogP contribution in [0.2, 0.25) is 0 Å². The zero-order chi connectivity index (χ0) is 7.11. The fourth-order valence-electron chi connectivity index (χ4n) is 0.270. The molecule has 0 aliphatic heterocycles. The normalized spacial score (nSPS) is 10.8. The molecule has 0 saturated carbocycles. The number of allylic oxidation sites excluding steroid dienone is 2. The fraction of sp³-hybridized carbons (Fsp3) is 0.167. The van der Waals surface area contributed by atoms with Gasteiger partial charge in [-0.3, -0.25) is 0 Å². The Hall–Kier alpha value is -0.830. The van der Waals surface area contributed by atoms with Crippen LogP contribution in [0.4, 0.5) is 0 Å².